The molecule has 0 bridgehead atoms. The van der Waals surface area contributed by atoms with Gasteiger partial charge in [-0.3, -0.25) is 4.79 Å². The van der Waals surface area contributed by atoms with Crippen molar-refractivity contribution in [1.82, 2.24) is 19.0 Å². The highest BCUT2D eigenvalue weighted by atomic mass is 16.5. The summed E-state index contributed by atoms with van der Waals surface area (Å²) in [5.74, 6) is 1.50. The van der Waals surface area contributed by atoms with Crippen LogP contribution >= 0.6 is 0 Å². The fourth-order valence-corrected chi connectivity index (χ4v) is 5.60. The summed E-state index contributed by atoms with van der Waals surface area (Å²) in [6, 6.07) is 12.4. The van der Waals surface area contributed by atoms with Crippen LogP contribution in [0.15, 0.2) is 36.4 Å². The van der Waals surface area contributed by atoms with Gasteiger partial charge in [0.25, 0.3) is 5.91 Å². The molecule has 2 aliphatic rings. The lowest BCUT2D eigenvalue weighted by Gasteiger charge is -2.30. The van der Waals surface area contributed by atoms with Crippen LogP contribution < -0.4 is 15.4 Å². The van der Waals surface area contributed by atoms with Gasteiger partial charge < -0.3 is 29.4 Å². The number of likely N-dealkylation sites (tertiary alicyclic amines) is 1. The first kappa shape index (κ1) is 21.0. The van der Waals surface area contributed by atoms with Crippen molar-refractivity contribution in [3.63, 3.8) is 0 Å². The minimum atomic E-state index is -0.0150. The van der Waals surface area contributed by atoms with Crippen molar-refractivity contribution in [2.45, 2.75) is 25.4 Å². The maximum atomic E-state index is 13.3. The van der Waals surface area contributed by atoms with E-state index in [-0.39, 0.29) is 11.9 Å². The number of hydrogen-bond acceptors (Lipinski definition) is 5. The number of carbonyl (C=O) groups is 1. The summed E-state index contributed by atoms with van der Waals surface area (Å²) < 4.78 is 10.2. The molecule has 2 N–H and O–H groups in total. The van der Waals surface area contributed by atoms with Crippen molar-refractivity contribution in [2.75, 3.05) is 38.7 Å². The van der Waals surface area contributed by atoms with Crippen LogP contribution in [0, 0.1) is 0 Å². The molecule has 4 heterocycles. The average Bonchev–Trinajstić information content (AvgIpc) is 3.38. The number of imidazole rings is 1. The molecule has 0 saturated carbocycles. The zero-order chi connectivity index (χ0) is 23.6. The standard InChI is InChI=1S/C26H30N6O2/c1-29-10-11-32-21(13-16-6-4-8-20(29)23(16)32)25-28-19-12-17(14-22(34-3)24(19)30(25)2)26(33)31-9-5-7-18(27)15-31/h4,6,8,12-14,18H,5,7,9-11,15,27H2,1-3H3. The second-order valence-electron chi connectivity index (χ2n) is 9.51. The zero-order valence-corrected chi connectivity index (χ0v) is 19.9. The minimum Gasteiger partial charge on any atom is -0.494 e. The van der Waals surface area contributed by atoms with Crippen LogP contribution in [0.1, 0.15) is 23.2 Å². The summed E-state index contributed by atoms with van der Waals surface area (Å²) in [7, 11) is 5.79. The molecule has 1 atom stereocenters. The zero-order valence-electron chi connectivity index (χ0n) is 19.9. The third kappa shape index (κ3) is 3.09. The minimum absolute atomic E-state index is 0.0150. The van der Waals surface area contributed by atoms with Crippen molar-refractivity contribution < 1.29 is 9.53 Å². The van der Waals surface area contributed by atoms with Gasteiger partial charge in [0.1, 0.15) is 11.3 Å². The Balaban J connectivity index is 1.49. The molecule has 6 rings (SSSR count). The van der Waals surface area contributed by atoms with Crippen LogP contribution in [-0.4, -0.2) is 64.8 Å². The van der Waals surface area contributed by atoms with Gasteiger partial charge in [0.05, 0.1) is 29.5 Å². The number of ether oxygens (including phenoxy) is 1. The summed E-state index contributed by atoms with van der Waals surface area (Å²) in [5.41, 5.74) is 11.9. The summed E-state index contributed by atoms with van der Waals surface area (Å²) in [6.45, 7) is 3.16. The van der Waals surface area contributed by atoms with Crippen molar-refractivity contribution in [2.24, 2.45) is 12.8 Å². The number of rotatable bonds is 3. The van der Waals surface area contributed by atoms with Crippen LogP contribution in [0.25, 0.3) is 33.5 Å². The Kier molecular flexibility index (Phi) is 4.81. The summed E-state index contributed by atoms with van der Waals surface area (Å²) >= 11 is 0. The van der Waals surface area contributed by atoms with Crippen molar-refractivity contribution in [1.29, 1.82) is 0 Å². The number of hydrogen-bond donors (Lipinski definition) is 1. The number of para-hydroxylation sites is 1. The third-order valence-corrected chi connectivity index (χ3v) is 7.34. The smallest absolute Gasteiger partial charge is 0.254 e. The van der Waals surface area contributed by atoms with Gasteiger partial charge >= 0.3 is 0 Å². The Hall–Kier alpha value is -3.52. The number of methoxy groups -OCH3 is 1. The summed E-state index contributed by atoms with van der Waals surface area (Å²) in [6.07, 6.45) is 1.89. The monoisotopic (exact) mass is 458 g/mol. The summed E-state index contributed by atoms with van der Waals surface area (Å²) in [5, 5.41) is 1.20. The number of likely N-dealkylation sites (N-methyl/N-ethyl adjacent to an activating group) is 1. The Morgan fingerprint density at radius 3 is 2.76 bits per heavy atom. The Morgan fingerprint density at radius 1 is 1.12 bits per heavy atom. The van der Waals surface area contributed by atoms with E-state index in [2.05, 4.69) is 45.3 Å². The Morgan fingerprint density at radius 2 is 1.97 bits per heavy atom. The first-order valence-corrected chi connectivity index (χ1v) is 11.9. The number of carbonyl (C=O) groups excluding carboxylic acids is 1. The molecule has 0 aliphatic carbocycles. The van der Waals surface area contributed by atoms with E-state index >= 15 is 0 Å². The number of nitrogens with zero attached hydrogens (tertiary/aromatic N) is 5. The molecule has 2 aromatic heterocycles. The predicted octanol–water partition coefficient (Wildman–Crippen LogP) is 3.22. The molecule has 1 saturated heterocycles. The second-order valence-corrected chi connectivity index (χ2v) is 9.51. The topological polar surface area (TPSA) is 81.5 Å². The number of aryl methyl sites for hydroxylation is 1. The first-order valence-electron chi connectivity index (χ1n) is 11.9. The maximum absolute atomic E-state index is 13.3. The van der Waals surface area contributed by atoms with Crippen LogP contribution in [0.4, 0.5) is 5.69 Å². The number of nitrogens with two attached hydrogens (primary N) is 1. The van der Waals surface area contributed by atoms with Gasteiger partial charge in [-0.05, 0) is 37.1 Å². The molecule has 2 aliphatic heterocycles. The number of fused-ring (bicyclic) bond motifs is 1. The highest BCUT2D eigenvalue weighted by Crippen LogP contribution is 2.38. The van der Waals surface area contributed by atoms with Gasteiger partial charge in [-0.25, -0.2) is 4.98 Å². The van der Waals surface area contributed by atoms with E-state index < -0.39 is 0 Å². The van der Waals surface area contributed by atoms with Gasteiger partial charge in [0, 0.05) is 57.3 Å². The highest BCUT2D eigenvalue weighted by molar-refractivity contribution is 6.01. The lowest BCUT2D eigenvalue weighted by atomic mass is 10.0. The first-order chi connectivity index (χ1) is 16.5. The van der Waals surface area contributed by atoms with E-state index in [4.69, 9.17) is 15.5 Å². The molecular weight excluding hydrogens is 428 g/mol. The van der Waals surface area contributed by atoms with Crippen molar-refractivity contribution in [3.05, 3.63) is 42.0 Å². The number of amides is 1. The van der Waals surface area contributed by atoms with E-state index in [1.165, 1.54) is 16.6 Å². The molecule has 176 valence electrons. The Labute approximate surface area is 198 Å². The number of benzene rings is 2. The predicted molar refractivity (Wildman–Crippen MR) is 135 cm³/mol. The molecule has 8 heteroatoms. The van der Waals surface area contributed by atoms with Crippen LogP contribution in [0.3, 0.4) is 0 Å². The van der Waals surface area contributed by atoms with E-state index in [0.717, 1.165) is 55.0 Å². The maximum Gasteiger partial charge on any atom is 0.254 e. The molecule has 4 aromatic rings. The van der Waals surface area contributed by atoms with E-state index in [0.29, 0.717) is 17.9 Å². The molecule has 1 fully saturated rings. The normalized spacial score (nSPS) is 18.2. The molecule has 8 nitrogen and oxygen atoms in total. The Bertz CT molecular complexity index is 1430. The summed E-state index contributed by atoms with van der Waals surface area (Å²) in [4.78, 5) is 22.5. The number of piperidine rings is 1. The average molecular weight is 459 g/mol. The lowest BCUT2D eigenvalue weighted by Crippen LogP contribution is -2.45. The fraction of sp³-hybridized carbons (Fsp3) is 0.385. The van der Waals surface area contributed by atoms with Crippen LogP contribution in [-0.2, 0) is 13.6 Å². The molecule has 0 radical (unpaired) electrons. The largest absolute Gasteiger partial charge is 0.494 e. The quantitative estimate of drug-likeness (QED) is 0.510. The van der Waals surface area contributed by atoms with Gasteiger partial charge in [0.2, 0.25) is 0 Å². The van der Waals surface area contributed by atoms with E-state index in [1.807, 2.05) is 24.1 Å². The molecule has 34 heavy (non-hydrogen) atoms. The molecule has 0 spiro atoms. The lowest BCUT2D eigenvalue weighted by molar-refractivity contribution is 0.0708. The van der Waals surface area contributed by atoms with Crippen LogP contribution in [0.2, 0.25) is 0 Å². The molecule has 1 amide bonds. The van der Waals surface area contributed by atoms with Gasteiger partial charge in [-0.1, -0.05) is 12.1 Å². The molecule has 1 unspecified atom stereocenters. The third-order valence-electron chi connectivity index (χ3n) is 7.34. The molecular formula is C26H30N6O2. The van der Waals surface area contributed by atoms with Crippen LogP contribution in [0.5, 0.6) is 5.75 Å². The number of aromatic nitrogens is 3. The van der Waals surface area contributed by atoms with Gasteiger partial charge in [-0.15, -0.1) is 0 Å². The highest BCUT2D eigenvalue weighted by Gasteiger charge is 2.26. The fourth-order valence-electron chi connectivity index (χ4n) is 5.60. The van der Waals surface area contributed by atoms with Crippen molar-refractivity contribution in [3.8, 4) is 17.3 Å². The number of anilines is 1. The SMILES string of the molecule is COc1cc(C(=O)N2CCCC(N)C2)cc2nc(-c3cc4cccc5c4n3CCN5C)n(C)c12. The van der Waals surface area contributed by atoms with E-state index in [1.54, 1.807) is 7.11 Å². The molecule has 2 aromatic carbocycles. The van der Waals surface area contributed by atoms with Gasteiger partial charge in [0.15, 0.2) is 5.82 Å². The van der Waals surface area contributed by atoms with Gasteiger partial charge in [-0.2, -0.15) is 0 Å². The van der Waals surface area contributed by atoms with E-state index in [9.17, 15) is 4.79 Å². The second kappa shape index (κ2) is 7.77. The van der Waals surface area contributed by atoms with Crippen molar-refractivity contribution >= 4 is 33.5 Å².